The third-order valence-electron chi connectivity index (χ3n) is 2.30. The second-order valence-electron chi connectivity index (χ2n) is 3.57. The molecule has 0 fully saturated rings. The maximum atomic E-state index is 5.73. The van der Waals surface area contributed by atoms with Gasteiger partial charge in [0.1, 0.15) is 5.82 Å². The van der Waals surface area contributed by atoms with E-state index in [0.717, 1.165) is 24.4 Å². The number of anilines is 2. The van der Waals surface area contributed by atoms with Crippen molar-refractivity contribution < 1.29 is 0 Å². The zero-order valence-electron chi connectivity index (χ0n) is 9.01. The molecule has 0 aliphatic carbocycles. The van der Waals surface area contributed by atoms with Crippen LogP contribution in [0.2, 0.25) is 0 Å². The molecule has 0 radical (unpaired) electrons. The predicted molar refractivity (Wildman–Crippen MR) is 61.0 cm³/mol. The van der Waals surface area contributed by atoms with Gasteiger partial charge in [-0.05, 0) is 6.42 Å². The summed E-state index contributed by atoms with van der Waals surface area (Å²) in [7, 11) is 2.00. The van der Waals surface area contributed by atoms with Crippen LogP contribution in [0.3, 0.4) is 0 Å². The number of hydrogen-bond donors (Lipinski definition) is 1. The molecule has 0 aliphatic rings. The van der Waals surface area contributed by atoms with E-state index in [1.165, 1.54) is 0 Å². The van der Waals surface area contributed by atoms with E-state index in [-0.39, 0.29) is 0 Å². The Labute approximate surface area is 88.5 Å². The van der Waals surface area contributed by atoms with Crippen molar-refractivity contribution in [3.63, 3.8) is 0 Å². The Morgan fingerprint density at radius 1 is 1.53 bits per heavy atom. The molecule has 2 N–H and O–H groups in total. The fourth-order valence-corrected chi connectivity index (χ4v) is 1.63. The van der Waals surface area contributed by atoms with E-state index in [2.05, 4.69) is 21.8 Å². The first kappa shape index (κ1) is 9.76. The van der Waals surface area contributed by atoms with Gasteiger partial charge in [-0.1, -0.05) is 6.92 Å². The smallest absolute Gasteiger partial charge is 0.180 e. The van der Waals surface area contributed by atoms with Crippen molar-refractivity contribution in [1.82, 2.24) is 14.4 Å². The summed E-state index contributed by atoms with van der Waals surface area (Å²) in [5, 5.41) is 0. The van der Waals surface area contributed by atoms with Crippen LogP contribution in [0.4, 0.5) is 11.6 Å². The van der Waals surface area contributed by atoms with E-state index in [9.17, 15) is 0 Å². The van der Waals surface area contributed by atoms with Gasteiger partial charge in [0.15, 0.2) is 11.5 Å². The molecule has 5 nitrogen and oxygen atoms in total. The van der Waals surface area contributed by atoms with Gasteiger partial charge in [-0.3, -0.25) is 0 Å². The summed E-state index contributed by atoms with van der Waals surface area (Å²) in [5.41, 5.74) is 6.58. The molecule has 15 heavy (non-hydrogen) atoms. The van der Waals surface area contributed by atoms with Gasteiger partial charge in [0.25, 0.3) is 0 Å². The summed E-state index contributed by atoms with van der Waals surface area (Å²) in [6.45, 7) is 3.07. The van der Waals surface area contributed by atoms with Crippen LogP contribution in [-0.4, -0.2) is 28.0 Å². The lowest BCUT2D eigenvalue weighted by Crippen LogP contribution is -2.20. The van der Waals surface area contributed by atoms with E-state index < -0.39 is 0 Å². The highest BCUT2D eigenvalue weighted by atomic mass is 15.2. The van der Waals surface area contributed by atoms with Crippen LogP contribution in [0.15, 0.2) is 18.6 Å². The van der Waals surface area contributed by atoms with Crippen LogP contribution in [-0.2, 0) is 0 Å². The molecule has 0 bridgehead atoms. The van der Waals surface area contributed by atoms with Crippen LogP contribution in [0.5, 0.6) is 0 Å². The summed E-state index contributed by atoms with van der Waals surface area (Å²) in [5.74, 6) is 1.35. The zero-order chi connectivity index (χ0) is 10.8. The molecule has 2 heterocycles. The molecule has 0 atom stereocenters. The summed E-state index contributed by atoms with van der Waals surface area (Å²) < 4.78 is 1.89. The number of nitrogen functional groups attached to an aromatic ring is 1. The van der Waals surface area contributed by atoms with Crippen LogP contribution in [0.25, 0.3) is 5.65 Å². The lowest BCUT2D eigenvalue weighted by molar-refractivity contribution is 0.836. The quantitative estimate of drug-likeness (QED) is 0.816. The minimum atomic E-state index is 0.512. The maximum Gasteiger partial charge on any atom is 0.180 e. The molecule has 0 saturated carbocycles. The molecule has 0 aliphatic heterocycles. The molecule has 0 unspecified atom stereocenters. The summed E-state index contributed by atoms with van der Waals surface area (Å²) in [6.07, 6.45) is 6.46. The van der Waals surface area contributed by atoms with Crippen molar-refractivity contribution >= 4 is 17.3 Å². The van der Waals surface area contributed by atoms with Gasteiger partial charge in [-0.2, -0.15) is 0 Å². The Balaban J connectivity index is 2.52. The molecule has 2 rings (SSSR count). The predicted octanol–water partition coefficient (Wildman–Crippen LogP) is 1.16. The SMILES string of the molecule is CCCN(C)c1nc(N)cn2ccnc12. The molecule has 2 aromatic rings. The highest BCUT2D eigenvalue weighted by Gasteiger charge is 2.09. The van der Waals surface area contributed by atoms with Crippen LogP contribution >= 0.6 is 0 Å². The topological polar surface area (TPSA) is 59.5 Å². The summed E-state index contributed by atoms with van der Waals surface area (Å²) >= 11 is 0. The largest absolute Gasteiger partial charge is 0.382 e. The van der Waals surface area contributed by atoms with E-state index in [0.29, 0.717) is 5.82 Å². The van der Waals surface area contributed by atoms with Gasteiger partial charge >= 0.3 is 0 Å². The first-order valence-electron chi connectivity index (χ1n) is 5.02. The van der Waals surface area contributed by atoms with Crippen LogP contribution in [0, 0.1) is 0 Å². The fourth-order valence-electron chi connectivity index (χ4n) is 1.63. The second-order valence-corrected chi connectivity index (χ2v) is 3.57. The van der Waals surface area contributed by atoms with Crippen LogP contribution < -0.4 is 10.6 Å². The molecule has 5 heteroatoms. The van der Waals surface area contributed by atoms with Gasteiger partial charge in [0.2, 0.25) is 0 Å². The van der Waals surface area contributed by atoms with Crippen LogP contribution in [0.1, 0.15) is 13.3 Å². The molecular weight excluding hydrogens is 190 g/mol. The van der Waals surface area contributed by atoms with Gasteiger partial charge < -0.3 is 15.0 Å². The number of hydrogen-bond acceptors (Lipinski definition) is 4. The van der Waals surface area contributed by atoms with Crippen molar-refractivity contribution in [2.24, 2.45) is 0 Å². The lowest BCUT2D eigenvalue weighted by Gasteiger charge is -2.17. The number of rotatable bonds is 3. The van der Waals surface area contributed by atoms with Crippen molar-refractivity contribution in [3.05, 3.63) is 18.6 Å². The lowest BCUT2D eigenvalue weighted by atomic mass is 10.4. The summed E-state index contributed by atoms with van der Waals surface area (Å²) in [4.78, 5) is 10.6. The zero-order valence-corrected chi connectivity index (χ0v) is 9.01. The molecule has 0 aromatic carbocycles. The van der Waals surface area contributed by atoms with Crippen molar-refractivity contribution in [1.29, 1.82) is 0 Å². The highest BCUT2D eigenvalue weighted by Crippen LogP contribution is 2.18. The Morgan fingerprint density at radius 2 is 2.33 bits per heavy atom. The normalized spacial score (nSPS) is 10.8. The molecule has 0 amide bonds. The van der Waals surface area contributed by atoms with Crippen molar-refractivity contribution in [2.75, 3.05) is 24.2 Å². The summed E-state index contributed by atoms with van der Waals surface area (Å²) in [6, 6.07) is 0. The number of imidazole rings is 1. The average molecular weight is 205 g/mol. The third kappa shape index (κ3) is 1.72. The fraction of sp³-hybridized carbons (Fsp3) is 0.400. The molecular formula is C10H15N5. The molecule has 0 saturated heterocycles. The van der Waals surface area contributed by atoms with Gasteiger partial charge in [0.05, 0.1) is 6.20 Å². The second kappa shape index (κ2) is 3.76. The number of nitrogens with two attached hydrogens (primary N) is 1. The Morgan fingerprint density at radius 3 is 3.07 bits per heavy atom. The minimum Gasteiger partial charge on any atom is -0.382 e. The number of aromatic nitrogens is 3. The van der Waals surface area contributed by atoms with E-state index in [1.807, 2.05) is 17.6 Å². The number of nitrogens with zero attached hydrogens (tertiary/aromatic N) is 4. The van der Waals surface area contributed by atoms with Crippen molar-refractivity contribution in [3.8, 4) is 0 Å². The van der Waals surface area contributed by atoms with E-state index >= 15 is 0 Å². The monoisotopic (exact) mass is 205 g/mol. The minimum absolute atomic E-state index is 0.512. The molecule has 80 valence electrons. The van der Waals surface area contributed by atoms with E-state index in [1.54, 1.807) is 12.4 Å². The number of fused-ring (bicyclic) bond motifs is 1. The van der Waals surface area contributed by atoms with Gasteiger partial charge in [0, 0.05) is 26.0 Å². The van der Waals surface area contributed by atoms with Crippen molar-refractivity contribution in [2.45, 2.75) is 13.3 Å². The standard InChI is InChI=1S/C10H15N5/c1-3-5-14(2)10-9-12-4-6-15(9)7-8(11)13-10/h4,6-7H,3,5,11H2,1-2H3. The van der Waals surface area contributed by atoms with Gasteiger partial charge in [-0.15, -0.1) is 0 Å². The van der Waals surface area contributed by atoms with Gasteiger partial charge in [-0.25, -0.2) is 9.97 Å². The Bertz CT molecular complexity index is 462. The molecule has 0 spiro atoms. The highest BCUT2D eigenvalue weighted by molar-refractivity contribution is 5.65. The maximum absolute atomic E-state index is 5.73. The first-order chi connectivity index (χ1) is 7.22. The third-order valence-corrected chi connectivity index (χ3v) is 2.30. The van der Waals surface area contributed by atoms with E-state index in [4.69, 9.17) is 5.73 Å². The Hall–Kier alpha value is -1.78. The molecule has 2 aromatic heterocycles. The Kier molecular flexibility index (Phi) is 2.45. The first-order valence-corrected chi connectivity index (χ1v) is 5.02. The average Bonchev–Trinajstić information content (AvgIpc) is 2.64.